The minimum Gasteiger partial charge on any atom is -0.493 e. The summed E-state index contributed by atoms with van der Waals surface area (Å²) < 4.78 is 11.2. The summed E-state index contributed by atoms with van der Waals surface area (Å²) in [6.07, 6.45) is 3.79. The molecule has 2 saturated heterocycles. The first kappa shape index (κ1) is 16.1. The van der Waals surface area contributed by atoms with Gasteiger partial charge in [0.05, 0.1) is 24.4 Å². The lowest BCUT2D eigenvalue weighted by Gasteiger charge is -2.22. The molecule has 25 heavy (non-hydrogen) atoms. The third kappa shape index (κ3) is 3.02. The number of nitrogens with zero attached hydrogens (tertiary/aromatic N) is 2. The Hall–Kier alpha value is -2.34. The molecule has 2 aliphatic heterocycles. The van der Waals surface area contributed by atoms with Crippen LogP contribution in [0.5, 0.6) is 5.75 Å². The van der Waals surface area contributed by atoms with Crippen molar-refractivity contribution in [1.29, 1.82) is 0 Å². The summed E-state index contributed by atoms with van der Waals surface area (Å²) in [5, 5.41) is 3.94. The first-order valence-corrected chi connectivity index (χ1v) is 8.85. The molecule has 0 radical (unpaired) electrons. The van der Waals surface area contributed by atoms with E-state index in [1.165, 1.54) is 0 Å². The number of hydrogen-bond acceptors (Lipinski definition) is 4. The van der Waals surface area contributed by atoms with Crippen molar-refractivity contribution in [2.24, 2.45) is 5.41 Å². The Balaban J connectivity index is 1.55. The van der Waals surface area contributed by atoms with Gasteiger partial charge in [-0.1, -0.05) is 0 Å². The van der Waals surface area contributed by atoms with E-state index in [9.17, 15) is 4.79 Å². The van der Waals surface area contributed by atoms with Crippen molar-refractivity contribution >= 4 is 22.6 Å². The maximum atomic E-state index is 12.7. The highest BCUT2D eigenvalue weighted by molar-refractivity contribution is 6.01. The fraction of sp³-hybridized carbons (Fsp3) is 0.474. The fourth-order valence-corrected chi connectivity index (χ4v) is 3.80. The van der Waals surface area contributed by atoms with Gasteiger partial charge >= 0.3 is 6.03 Å². The van der Waals surface area contributed by atoms with E-state index in [1.807, 2.05) is 36.1 Å². The quantitative estimate of drug-likeness (QED) is 0.930. The molecular formula is C19H23N3O3. The predicted octanol–water partition coefficient (Wildman–Crippen LogP) is 3.28. The molecule has 2 aromatic rings. The van der Waals surface area contributed by atoms with Crippen LogP contribution in [0.15, 0.2) is 30.5 Å². The molecule has 3 heterocycles. The summed E-state index contributed by atoms with van der Waals surface area (Å²) in [6.45, 7) is 5.66. The SMILES string of the molecule is CCOc1ccc(NC(=O)N2CCC3(CCOC3)C2)c2ncccc12. The summed E-state index contributed by atoms with van der Waals surface area (Å²) in [6, 6.07) is 7.52. The molecule has 6 heteroatoms. The van der Waals surface area contributed by atoms with Gasteiger partial charge in [-0.3, -0.25) is 4.98 Å². The lowest BCUT2D eigenvalue weighted by atomic mass is 9.87. The first-order valence-electron chi connectivity index (χ1n) is 8.85. The van der Waals surface area contributed by atoms with E-state index in [0.717, 1.165) is 55.8 Å². The van der Waals surface area contributed by atoms with E-state index in [4.69, 9.17) is 9.47 Å². The Morgan fingerprint density at radius 1 is 1.40 bits per heavy atom. The van der Waals surface area contributed by atoms with Gasteiger partial charge in [0.25, 0.3) is 0 Å². The number of rotatable bonds is 3. The van der Waals surface area contributed by atoms with Gasteiger partial charge in [0.1, 0.15) is 5.75 Å². The van der Waals surface area contributed by atoms with Crippen molar-refractivity contribution in [2.45, 2.75) is 19.8 Å². The van der Waals surface area contributed by atoms with Crippen LogP contribution in [-0.4, -0.2) is 48.8 Å². The van der Waals surface area contributed by atoms with Gasteiger partial charge in [0.2, 0.25) is 0 Å². The summed E-state index contributed by atoms with van der Waals surface area (Å²) in [5.74, 6) is 0.784. The van der Waals surface area contributed by atoms with Gasteiger partial charge < -0.3 is 19.7 Å². The minimum atomic E-state index is -0.0695. The third-order valence-electron chi connectivity index (χ3n) is 5.18. The largest absolute Gasteiger partial charge is 0.493 e. The Labute approximate surface area is 147 Å². The van der Waals surface area contributed by atoms with Crippen molar-refractivity contribution in [1.82, 2.24) is 9.88 Å². The molecule has 0 saturated carbocycles. The second kappa shape index (κ2) is 6.52. The van der Waals surface area contributed by atoms with Crippen LogP contribution in [0.2, 0.25) is 0 Å². The molecule has 0 bridgehead atoms. The second-order valence-corrected chi connectivity index (χ2v) is 6.85. The smallest absolute Gasteiger partial charge is 0.321 e. The fourth-order valence-electron chi connectivity index (χ4n) is 3.80. The molecule has 1 aromatic carbocycles. The number of amides is 2. The summed E-state index contributed by atoms with van der Waals surface area (Å²) in [4.78, 5) is 19.1. The number of ether oxygens (including phenoxy) is 2. The van der Waals surface area contributed by atoms with Crippen LogP contribution >= 0.6 is 0 Å². The molecule has 132 valence electrons. The van der Waals surface area contributed by atoms with Gasteiger partial charge in [0, 0.05) is 36.7 Å². The van der Waals surface area contributed by atoms with E-state index >= 15 is 0 Å². The van der Waals surface area contributed by atoms with Crippen LogP contribution in [-0.2, 0) is 4.74 Å². The van der Waals surface area contributed by atoms with Gasteiger partial charge in [-0.25, -0.2) is 4.79 Å². The highest BCUT2D eigenvalue weighted by Crippen LogP contribution is 2.38. The van der Waals surface area contributed by atoms with E-state index in [0.29, 0.717) is 12.3 Å². The molecule has 4 rings (SSSR count). The lowest BCUT2D eigenvalue weighted by Crippen LogP contribution is -2.35. The van der Waals surface area contributed by atoms with Crippen LogP contribution < -0.4 is 10.1 Å². The maximum absolute atomic E-state index is 12.7. The van der Waals surface area contributed by atoms with Gasteiger partial charge in [-0.15, -0.1) is 0 Å². The van der Waals surface area contributed by atoms with Crippen LogP contribution in [0.4, 0.5) is 10.5 Å². The number of fused-ring (bicyclic) bond motifs is 1. The standard InChI is InChI=1S/C19H23N3O3/c1-2-25-16-6-5-15(17-14(16)4-3-9-20-17)21-18(23)22-10-7-19(12-22)8-11-24-13-19/h3-6,9H,2,7-8,10-13H2,1H3,(H,21,23). The molecule has 0 aliphatic carbocycles. The normalized spacial score (nSPS) is 22.7. The van der Waals surface area contributed by atoms with Gasteiger partial charge in [-0.05, 0) is 44.0 Å². The number of hydrogen-bond donors (Lipinski definition) is 1. The Morgan fingerprint density at radius 2 is 2.32 bits per heavy atom. The minimum absolute atomic E-state index is 0.0695. The van der Waals surface area contributed by atoms with Crippen molar-refractivity contribution in [3.63, 3.8) is 0 Å². The predicted molar refractivity (Wildman–Crippen MR) is 96.0 cm³/mol. The van der Waals surface area contributed by atoms with Gasteiger partial charge in [0.15, 0.2) is 0 Å². The monoisotopic (exact) mass is 341 g/mol. The topological polar surface area (TPSA) is 63.7 Å². The zero-order valence-electron chi connectivity index (χ0n) is 14.5. The van der Waals surface area contributed by atoms with Crippen molar-refractivity contribution < 1.29 is 14.3 Å². The molecule has 2 fully saturated rings. The summed E-state index contributed by atoms with van der Waals surface area (Å²) in [5.41, 5.74) is 1.63. The van der Waals surface area contributed by atoms with E-state index in [2.05, 4.69) is 10.3 Å². The van der Waals surface area contributed by atoms with Crippen LogP contribution in [0.3, 0.4) is 0 Å². The summed E-state index contributed by atoms with van der Waals surface area (Å²) >= 11 is 0. The highest BCUT2D eigenvalue weighted by atomic mass is 16.5. The lowest BCUT2D eigenvalue weighted by molar-refractivity contribution is 0.154. The Kier molecular flexibility index (Phi) is 4.21. The van der Waals surface area contributed by atoms with Crippen molar-refractivity contribution in [3.05, 3.63) is 30.5 Å². The Morgan fingerprint density at radius 3 is 3.12 bits per heavy atom. The Bertz CT molecular complexity index is 787. The molecule has 2 amide bonds. The van der Waals surface area contributed by atoms with Crippen LogP contribution in [0, 0.1) is 5.41 Å². The number of carbonyl (C=O) groups is 1. The average Bonchev–Trinajstić information content (AvgIpc) is 3.27. The number of pyridine rings is 1. The van der Waals surface area contributed by atoms with Gasteiger partial charge in [-0.2, -0.15) is 0 Å². The van der Waals surface area contributed by atoms with Crippen LogP contribution in [0.25, 0.3) is 10.9 Å². The number of carbonyl (C=O) groups excluding carboxylic acids is 1. The summed E-state index contributed by atoms with van der Waals surface area (Å²) in [7, 11) is 0. The second-order valence-electron chi connectivity index (χ2n) is 6.85. The first-order chi connectivity index (χ1) is 12.2. The molecule has 1 N–H and O–H groups in total. The highest BCUT2D eigenvalue weighted by Gasteiger charge is 2.42. The van der Waals surface area contributed by atoms with Crippen molar-refractivity contribution in [3.8, 4) is 5.75 Å². The molecule has 6 nitrogen and oxygen atoms in total. The number of aromatic nitrogens is 1. The van der Waals surface area contributed by atoms with E-state index in [1.54, 1.807) is 6.20 Å². The maximum Gasteiger partial charge on any atom is 0.321 e. The molecule has 1 atom stereocenters. The zero-order valence-corrected chi connectivity index (χ0v) is 14.5. The molecular weight excluding hydrogens is 318 g/mol. The van der Waals surface area contributed by atoms with Crippen molar-refractivity contribution in [2.75, 3.05) is 38.2 Å². The number of nitrogens with one attached hydrogen (secondary N) is 1. The number of anilines is 1. The van der Waals surface area contributed by atoms with Crippen LogP contribution in [0.1, 0.15) is 19.8 Å². The number of likely N-dealkylation sites (tertiary alicyclic amines) is 1. The van der Waals surface area contributed by atoms with E-state index < -0.39 is 0 Å². The zero-order chi connectivity index (χ0) is 17.3. The number of benzene rings is 1. The molecule has 1 unspecified atom stereocenters. The molecule has 1 spiro atoms. The number of urea groups is 1. The van der Waals surface area contributed by atoms with E-state index in [-0.39, 0.29) is 11.4 Å². The third-order valence-corrected chi connectivity index (χ3v) is 5.18. The average molecular weight is 341 g/mol. The molecule has 2 aliphatic rings. The molecule has 1 aromatic heterocycles.